The molecule has 1 saturated carbocycles. The second-order valence-electron chi connectivity index (χ2n) is 6.07. The molecule has 23 heavy (non-hydrogen) atoms. The largest absolute Gasteiger partial charge is 0.487 e. The van der Waals surface area contributed by atoms with Crippen molar-refractivity contribution in [2.45, 2.75) is 38.4 Å². The fourth-order valence-electron chi connectivity index (χ4n) is 2.49. The summed E-state index contributed by atoms with van der Waals surface area (Å²) in [4.78, 5) is 12.5. The molecule has 0 saturated heterocycles. The Hall–Kier alpha value is -1.30. The van der Waals surface area contributed by atoms with Gasteiger partial charge in [0, 0.05) is 19.9 Å². The van der Waals surface area contributed by atoms with Crippen molar-refractivity contribution >= 4 is 23.2 Å². The summed E-state index contributed by atoms with van der Waals surface area (Å²) >= 11 is 6.23. The van der Waals surface area contributed by atoms with Crippen LogP contribution in [0.5, 0.6) is 5.75 Å². The second-order valence-corrected chi connectivity index (χ2v) is 6.48. The molecule has 128 valence electrons. The Balaban J connectivity index is 2.04. The van der Waals surface area contributed by atoms with E-state index in [1.165, 1.54) is 0 Å². The molecule has 1 aliphatic rings. The molecule has 2 atom stereocenters. The summed E-state index contributed by atoms with van der Waals surface area (Å²) in [5, 5.41) is 3.31. The normalized spacial score (nSPS) is 18.1. The number of halogens is 1. The first-order chi connectivity index (χ1) is 10.9. The molecule has 0 bridgehead atoms. The summed E-state index contributed by atoms with van der Waals surface area (Å²) in [5.74, 6) is 0.686. The first kappa shape index (κ1) is 18.0. The topological polar surface area (TPSA) is 56.8 Å². The van der Waals surface area contributed by atoms with Crippen LogP contribution in [0.4, 0.5) is 5.69 Å². The molecular formula is C17H24ClNO4. The van der Waals surface area contributed by atoms with Crippen LogP contribution in [0.1, 0.15) is 26.7 Å². The number of methoxy groups -OCH3 is 2. The average molecular weight is 342 g/mol. The van der Waals surface area contributed by atoms with E-state index in [1.807, 2.05) is 13.8 Å². The van der Waals surface area contributed by atoms with Gasteiger partial charge in [0.25, 0.3) is 5.91 Å². The Kier molecular flexibility index (Phi) is 5.89. The van der Waals surface area contributed by atoms with E-state index in [9.17, 15) is 4.79 Å². The zero-order chi connectivity index (χ0) is 17.0. The molecule has 6 heteroatoms. The zero-order valence-electron chi connectivity index (χ0n) is 14.0. The third-order valence-electron chi connectivity index (χ3n) is 4.15. The van der Waals surface area contributed by atoms with E-state index < -0.39 is 5.60 Å². The van der Waals surface area contributed by atoms with Gasteiger partial charge in [0.15, 0.2) is 0 Å². The summed E-state index contributed by atoms with van der Waals surface area (Å²) in [7, 11) is 3.19. The van der Waals surface area contributed by atoms with Crippen molar-refractivity contribution in [1.82, 2.24) is 0 Å². The molecule has 0 unspecified atom stereocenters. The van der Waals surface area contributed by atoms with Crippen LogP contribution in [0.2, 0.25) is 5.02 Å². The van der Waals surface area contributed by atoms with Crippen LogP contribution in [-0.4, -0.2) is 38.4 Å². The van der Waals surface area contributed by atoms with E-state index in [0.29, 0.717) is 23.1 Å². The number of hydrogen-bond acceptors (Lipinski definition) is 4. The number of ether oxygens (including phenoxy) is 3. The Morgan fingerprint density at radius 3 is 2.65 bits per heavy atom. The van der Waals surface area contributed by atoms with E-state index in [-0.39, 0.29) is 17.9 Å². The molecule has 0 spiro atoms. The van der Waals surface area contributed by atoms with E-state index in [0.717, 1.165) is 12.8 Å². The van der Waals surface area contributed by atoms with E-state index >= 15 is 0 Å². The van der Waals surface area contributed by atoms with Crippen molar-refractivity contribution < 1.29 is 19.0 Å². The van der Waals surface area contributed by atoms with Crippen LogP contribution < -0.4 is 10.1 Å². The molecule has 0 heterocycles. The molecule has 2 rings (SSSR count). The molecule has 1 aromatic carbocycles. The van der Waals surface area contributed by atoms with Gasteiger partial charge in [-0.15, -0.1) is 0 Å². The molecular weight excluding hydrogens is 318 g/mol. The van der Waals surface area contributed by atoms with Gasteiger partial charge in [0.1, 0.15) is 17.5 Å². The minimum Gasteiger partial charge on any atom is -0.487 e. The van der Waals surface area contributed by atoms with Crippen LogP contribution in [0.3, 0.4) is 0 Å². The number of hydrogen-bond donors (Lipinski definition) is 1. The van der Waals surface area contributed by atoms with Crippen LogP contribution in [-0.2, 0) is 14.3 Å². The van der Waals surface area contributed by atoms with Gasteiger partial charge in [-0.05, 0) is 50.8 Å². The highest BCUT2D eigenvalue weighted by Gasteiger charge is 2.47. The Morgan fingerprint density at radius 2 is 2.13 bits per heavy atom. The highest BCUT2D eigenvalue weighted by atomic mass is 35.5. The fourth-order valence-corrected chi connectivity index (χ4v) is 2.72. The third kappa shape index (κ3) is 4.37. The van der Waals surface area contributed by atoms with Crippen molar-refractivity contribution in [2.24, 2.45) is 5.92 Å². The quantitative estimate of drug-likeness (QED) is 0.786. The van der Waals surface area contributed by atoms with Crippen LogP contribution >= 0.6 is 11.6 Å². The van der Waals surface area contributed by atoms with Crippen molar-refractivity contribution in [3.63, 3.8) is 0 Å². The summed E-state index contributed by atoms with van der Waals surface area (Å²) in [5.41, 5.74) is -0.176. The van der Waals surface area contributed by atoms with Crippen molar-refractivity contribution in [2.75, 3.05) is 26.1 Å². The van der Waals surface area contributed by atoms with Crippen molar-refractivity contribution in [3.8, 4) is 5.75 Å². The molecule has 1 N–H and O–H groups in total. The van der Waals surface area contributed by atoms with Crippen molar-refractivity contribution in [1.29, 1.82) is 0 Å². The van der Waals surface area contributed by atoms with Gasteiger partial charge < -0.3 is 19.5 Å². The summed E-state index contributed by atoms with van der Waals surface area (Å²) < 4.78 is 16.2. The first-order valence-electron chi connectivity index (χ1n) is 7.72. The van der Waals surface area contributed by atoms with Gasteiger partial charge in [-0.1, -0.05) is 11.6 Å². The monoisotopic (exact) mass is 341 g/mol. The van der Waals surface area contributed by atoms with E-state index in [2.05, 4.69) is 5.32 Å². The lowest BCUT2D eigenvalue weighted by atomic mass is 9.99. The Morgan fingerprint density at radius 1 is 1.43 bits per heavy atom. The minimum atomic E-state index is -0.797. The number of anilines is 1. The first-order valence-corrected chi connectivity index (χ1v) is 8.10. The van der Waals surface area contributed by atoms with Gasteiger partial charge in [-0.2, -0.15) is 0 Å². The number of nitrogens with one attached hydrogen (secondary N) is 1. The molecule has 5 nitrogen and oxygen atoms in total. The Labute approximate surface area is 142 Å². The molecule has 1 amide bonds. The smallest absolute Gasteiger partial charge is 0.256 e. The number of carbonyl (C=O) groups is 1. The Bertz CT molecular complexity index is 562. The molecule has 0 radical (unpaired) electrons. The standard InChI is InChI=1S/C17H24ClNO4/c1-11(10-21-3)23-15-8-7-13(9-14(15)18)19-16(20)17(2,22-4)12-5-6-12/h7-9,11-12H,5-6,10H2,1-4H3,(H,19,20)/t11-,17-/m1/s1. The molecule has 0 aromatic heterocycles. The molecule has 0 aliphatic heterocycles. The lowest BCUT2D eigenvalue weighted by molar-refractivity contribution is -0.138. The molecule has 1 aromatic rings. The van der Waals surface area contributed by atoms with Gasteiger partial charge in [0.2, 0.25) is 0 Å². The SMILES string of the molecule is COC[C@@H](C)Oc1ccc(NC(=O)[C@](C)(OC)C2CC2)cc1Cl. The maximum absolute atomic E-state index is 12.5. The van der Waals surface area contributed by atoms with Crippen LogP contribution in [0.15, 0.2) is 18.2 Å². The summed E-state index contributed by atoms with van der Waals surface area (Å²) in [6, 6.07) is 5.18. The highest BCUT2D eigenvalue weighted by molar-refractivity contribution is 6.32. The highest BCUT2D eigenvalue weighted by Crippen LogP contribution is 2.42. The zero-order valence-corrected chi connectivity index (χ0v) is 14.8. The van der Waals surface area contributed by atoms with Gasteiger partial charge in [0.05, 0.1) is 11.6 Å². The predicted octanol–water partition coefficient (Wildman–Crippen LogP) is 3.51. The fraction of sp³-hybridized carbons (Fsp3) is 0.588. The number of rotatable bonds is 8. The number of amides is 1. The van der Waals surface area contributed by atoms with E-state index in [1.54, 1.807) is 32.4 Å². The van der Waals surface area contributed by atoms with Crippen LogP contribution in [0, 0.1) is 5.92 Å². The predicted molar refractivity (Wildman–Crippen MR) is 90.2 cm³/mol. The lowest BCUT2D eigenvalue weighted by Crippen LogP contribution is -2.44. The maximum Gasteiger partial charge on any atom is 0.256 e. The average Bonchev–Trinajstić information content (AvgIpc) is 3.34. The number of carbonyl (C=O) groups excluding carboxylic acids is 1. The maximum atomic E-state index is 12.5. The molecule has 1 aliphatic carbocycles. The summed E-state index contributed by atoms with van der Waals surface area (Å²) in [6.07, 6.45) is 1.93. The number of benzene rings is 1. The molecule has 1 fully saturated rings. The van der Waals surface area contributed by atoms with Gasteiger partial charge >= 0.3 is 0 Å². The summed E-state index contributed by atoms with van der Waals surface area (Å²) in [6.45, 7) is 4.20. The van der Waals surface area contributed by atoms with Gasteiger partial charge in [-0.3, -0.25) is 4.79 Å². The van der Waals surface area contributed by atoms with Crippen LogP contribution in [0.25, 0.3) is 0 Å². The van der Waals surface area contributed by atoms with Crippen molar-refractivity contribution in [3.05, 3.63) is 23.2 Å². The van der Waals surface area contributed by atoms with Gasteiger partial charge in [-0.25, -0.2) is 0 Å². The second kappa shape index (κ2) is 7.51. The third-order valence-corrected chi connectivity index (χ3v) is 4.45. The lowest BCUT2D eigenvalue weighted by Gasteiger charge is -2.26. The van der Waals surface area contributed by atoms with E-state index in [4.69, 9.17) is 25.8 Å². The minimum absolute atomic E-state index is 0.107.